The molecule has 2 heterocycles. The molecule has 0 radical (unpaired) electrons. The maximum Gasteiger partial charge on any atom is 0.228 e. The molecule has 0 aromatic heterocycles. The Kier molecular flexibility index (Phi) is 5.38. The molecule has 6 nitrogen and oxygen atoms in total. The van der Waals surface area contributed by atoms with Crippen LogP contribution in [0, 0.1) is 11.7 Å². The summed E-state index contributed by atoms with van der Waals surface area (Å²) in [6.45, 7) is 3.28. The number of hydrogen-bond donors (Lipinski definition) is 0. The van der Waals surface area contributed by atoms with Crippen LogP contribution < -0.4 is 14.4 Å². The lowest BCUT2D eigenvalue weighted by molar-refractivity contribution is -0.137. The number of benzene rings is 2. The Morgan fingerprint density at radius 1 is 1.17 bits per heavy atom. The smallest absolute Gasteiger partial charge is 0.228 e. The van der Waals surface area contributed by atoms with Crippen LogP contribution in [0.4, 0.5) is 10.1 Å². The van der Waals surface area contributed by atoms with Crippen LogP contribution in [0.2, 0.25) is 0 Å². The van der Waals surface area contributed by atoms with Crippen LogP contribution in [0.1, 0.15) is 13.3 Å². The van der Waals surface area contributed by atoms with Gasteiger partial charge in [0.1, 0.15) is 12.4 Å². The van der Waals surface area contributed by atoms with Crippen molar-refractivity contribution < 1.29 is 23.5 Å². The first-order valence-electron chi connectivity index (χ1n) is 9.79. The van der Waals surface area contributed by atoms with Crippen LogP contribution in [0.25, 0.3) is 0 Å². The number of hydrogen-bond acceptors (Lipinski definition) is 4. The minimum Gasteiger partial charge on any atom is -0.486 e. The first kappa shape index (κ1) is 19.2. The number of ether oxygens (including phenoxy) is 2. The highest BCUT2D eigenvalue weighted by Gasteiger charge is 2.38. The van der Waals surface area contributed by atoms with E-state index in [0.29, 0.717) is 31.2 Å². The molecule has 7 heteroatoms. The lowest BCUT2D eigenvalue weighted by Gasteiger charge is -2.32. The largest absolute Gasteiger partial charge is 0.486 e. The number of amides is 2. The van der Waals surface area contributed by atoms with E-state index in [1.54, 1.807) is 23.1 Å². The summed E-state index contributed by atoms with van der Waals surface area (Å²) in [5.41, 5.74) is 0.219. The normalized spacial score (nSPS) is 20.6. The van der Waals surface area contributed by atoms with Crippen molar-refractivity contribution in [1.29, 1.82) is 0 Å². The van der Waals surface area contributed by atoms with Gasteiger partial charge in [-0.3, -0.25) is 9.59 Å². The Morgan fingerprint density at radius 3 is 2.66 bits per heavy atom. The number of nitrogens with zero attached hydrogens (tertiary/aromatic N) is 2. The molecule has 0 unspecified atom stereocenters. The summed E-state index contributed by atoms with van der Waals surface area (Å²) in [5.74, 6) is 0.0264. The van der Waals surface area contributed by atoms with Crippen LogP contribution in [-0.2, 0) is 9.59 Å². The second-order valence-electron chi connectivity index (χ2n) is 7.23. The van der Waals surface area contributed by atoms with Crippen molar-refractivity contribution in [3.63, 3.8) is 0 Å². The van der Waals surface area contributed by atoms with E-state index in [0.717, 1.165) is 0 Å². The third-order valence-corrected chi connectivity index (χ3v) is 5.30. The average Bonchev–Trinajstić information content (AvgIpc) is 3.13. The van der Waals surface area contributed by atoms with Crippen molar-refractivity contribution >= 4 is 17.5 Å². The molecule has 2 amide bonds. The van der Waals surface area contributed by atoms with Crippen molar-refractivity contribution in [2.45, 2.75) is 19.4 Å². The second-order valence-corrected chi connectivity index (χ2v) is 7.23. The molecule has 2 atom stereocenters. The summed E-state index contributed by atoms with van der Waals surface area (Å²) >= 11 is 0. The molecule has 2 aliphatic rings. The van der Waals surface area contributed by atoms with E-state index < -0.39 is 11.7 Å². The zero-order valence-electron chi connectivity index (χ0n) is 16.2. The summed E-state index contributed by atoms with van der Waals surface area (Å²) in [6, 6.07) is 13.5. The van der Waals surface area contributed by atoms with E-state index in [2.05, 4.69) is 0 Å². The summed E-state index contributed by atoms with van der Waals surface area (Å²) in [7, 11) is 0. The third kappa shape index (κ3) is 3.90. The molecule has 0 aliphatic carbocycles. The topological polar surface area (TPSA) is 59.1 Å². The van der Waals surface area contributed by atoms with Crippen molar-refractivity contribution in [2.24, 2.45) is 5.92 Å². The second kappa shape index (κ2) is 8.11. The van der Waals surface area contributed by atoms with Crippen molar-refractivity contribution in [3.05, 3.63) is 54.3 Å². The number of anilines is 1. The Balaban J connectivity index is 1.42. The van der Waals surface area contributed by atoms with E-state index in [1.165, 1.54) is 11.0 Å². The van der Waals surface area contributed by atoms with Gasteiger partial charge < -0.3 is 19.3 Å². The Hall–Kier alpha value is -3.09. The Morgan fingerprint density at radius 2 is 1.90 bits per heavy atom. The number of likely N-dealkylation sites (N-methyl/N-ethyl adjacent to an activating group) is 1. The van der Waals surface area contributed by atoms with E-state index in [-0.39, 0.29) is 36.6 Å². The van der Waals surface area contributed by atoms with Gasteiger partial charge in [0, 0.05) is 19.5 Å². The average molecular weight is 398 g/mol. The van der Waals surface area contributed by atoms with Crippen molar-refractivity contribution in [2.75, 3.05) is 31.1 Å². The third-order valence-electron chi connectivity index (χ3n) is 5.30. The number of para-hydroxylation sites is 3. The molecular weight excluding hydrogens is 375 g/mol. The SMILES string of the molecule is CCN(C[C@@H]1COc2ccccc2O1)C(=O)[C@@H]1CC(=O)N(c2ccccc2F)C1. The minimum absolute atomic E-state index is 0.0779. The van der Waals surface area contributed by atoms with Gasteiger partial charge in [-0.05, 0) is 31.2 Å². The molecule has 152 valence electrons. The summed E-state index contributed by atoms with van der Waals surface area (Å²) in [6.07, 6.45) is -0.206. The highest BCUT2D eigenvalue weighted by Crippen LogP contribution is 2.32. The monoisotopic (exact) mass is 398 g/mol. The number of carbonyl (C=O) groups is 2. The number of fused-ring (bicyclic) bond motifs is 1. The van der Waals surface area contributed by atoms with Crippen LogP contribution >= 0.6 is 0 Å². The molecule has 2 aromatic rings. The molecular formula is C22H23FN2O4. The van der Waals surface area contributed by atoms with E-state index >= 15 is 0 Å². The molecule has 0 bridgehead atoms. The van der Waals surface area contributed by atoms with Gasteiger partial charge in [0.2, 0.25) is 11.8 Å². The maximum absolute atomic E-state index is 14.1. The Labute approximate surface area is 168 Å². The van der Waals surface area contributed by atoms with Crippen molar-refractivity contribution in [3.8, 4) is 11.5 Å². The van der Waals surface area contributed by atoms with Crippen LogP contribution in [0.3, 0.4) is 0 Å². The van der Waals surface area contributed by atoms with Gasteiger partial charge in [0.15, 0.2) is 17.6 Å². The van der Waals surface area contributed by atoms with Gasteiger partial charge in [-0.25, -0.2) is 4.39 Å². The predicted octanol–water partition coefficient (Wildman–Crippen LogP) is 2.87. The molecule has 1 saturated heterocycles. The van der Waals surface area contributed by atoms with Gasteiger partial charge >= 0.3 is 0 Å². The molecule has 2 aliphatic heterocycles. The van der Waals surface area contributed by atoms with Gasteiger partial charge in [-0.2, -0.15) is 0 Å². The van der Waals surface area contributed by atoms with Crippen molar-refractivity contribution in [1.82, 2.24) is 4.90 Å². The summed E-state index contributed by atoms with van der Waals surface area (Å²) < 4.78 is 25.8. The Bertz CT molecular complexity index is 919. The predicted molar refractivity (Wildman–Crippen MR) is 105 cm³/mol. The molecule has 0 saturated carbocycles. The molecule has 0 spiro atoms. The minimum atomic E-state index is -0.501. The van der Waals surface area contributed by atoms with Gasteiger partial charge in [-0.15, -0.1) is 0 Å². The molecule has 0 N–H and O–H groups in total. The van der Waals surface area contributed by atoms with E-state index in [9.17, 15) is 14.0 Å². The standard InChI is InChI=1S/C22H23FN2O4/c1-2-24(13-16-14-28-19-9-5-6-10-20(19)29-16)22(27)15-11-21(26)25(12-15)18-8-4-3-7-17(18)23/h3-10,15-16H,2,11-14H2,1H3/t15-,16-/m1/s1. The van der Waals surface area contributed by atoms with Crippen LogP contribution in [-0.4, -0.2) is 49.1 Å². The number of halogens is 1. The van der Waals surface area contributed by atoms with Gasteiger partial charge in [0.05, 0.1) is 18.2 Å². The zero-order valence-corrected chi connectivity index (χ0v) is 16.2. The van der Waals surface area contributed by atoms with Crippen LogP contribution in [0.5, 0.6) is 11.5 Å². The zero-order chi connectivity index (χ0) is 20.4. The first-order valence-corrected chi connectivity index (χ1v) is 9.79. The fourth-order valence-corrected chi connectivity index (χ4v) is 3.81. The molecule has 29 heavy (non-hydrogen) atoms. The lowest BCUT2D eigenvalue weighted by Crippen LogP contribution is -2.46. The van der Waals surface area contributed by atoms with Crippen LogP contribution in [0.15, 0.2) is 48.5 Å². The fourth-order valence-electron chi connectivity index (χ4n) is 3.81. The summed E-state index contributed by atoms with van der Waals surface area (Å²) in [5, 5.41) is 0. The van der Waals surface area contributed by atoms with E-state index in [4.69, 9.17) is 9.47 Å². The number of carbonyl (C=O) groups excluding carboxylic acids is 2. The first-order chi connectivity index (χ1) is 14.1. The molecule has 4 rings (SSSR count). The van der Waals surface area contributed by atoms with E-state index in [1.807, 2.05) is 31.2 Å². The van der Waals surface area contributed by atoms with Gasteiger partial charge in [0.25, 0.3) is 0 Å². The van der Waals surface area contributed by atoms with Gasteiger partial charge in [-0.1, -0.05) is 24.3 Å². The molecule has 1 fully saturated rings. The summed E-state index contributed by atoms with van der Waals surface area (Å²) in [4.78, 5) is 28.5. The maximum atomic E-state index is 14.1. The highest BCUT2D eigenvalue weighted by atomic mass is 19.1. The highest BCUT2D eigenvalue weighted by molar-refractivity contribution is 6.00. The quantitative estimate of drug-likeness (QED) is 0.777. The lowest BCUT2D eigenvalue weighted by atomic mass is 10.1. The number of rotatable bonds is 5. The fraction of sp³-hybridized carbons (Fsp3) is 0.364. The molecule has 2 aromatic carbocycles.